The van der Waals surface area contributed by atoms with Gasteiger partial charge in [0, 0.05) is 42.4 Å². The molecule has 0 N–H and O–H groups in total. The summed E-state index contributed by atoms with van der Waals surface area (Å²) in [6.07, 6.45) is 4.39. The molecule has 0 fully saturated rings. The van der Waals surface area contributed by atoms with Gasteiger partial charge in [0.05, 0.1) is 0 Å². The predicted molar refractivity (Wildman–Crippen MR) is 120 cm³/mol. The zero-order chi connectivity index (χ0) is 18.7. The molecule has 0 saturated heterocycles. The smallest absolute Gasteiger partial charge is 0.252 e. The second-order valence-electron chi connectivity index (χ2n) is 7.55. The SMILES string of the molecule is C/C=C\c1c(C)ccc2c1N(C)c1cccc3c1B2c1ccccc1N3C. The molecule has 0 radical (unpaired) electrons. The Balaban J connectivity index is 1.91. The van der Waals surface area contributed by atoms with Crippen molar-refractivity contribution in [3.8, 4) is 0 Å². The molecule has 3 aromatic carbocycles. The van der Waals surface area contributed by atoms with Gasteiger partial charge in [-0.25, -0.2) is 0 Å². The highest BCUT2D eigenvalue weighted by Crippen LogP contribution is 2.37. The first-order chi connectivity index (χ1) is 13.1. The molecule has 2 aliphatic rings. The van der Waals surface area contributed by atoms with Gasteiger partial charge >= 0.3 is 0 Å². The third kappa shape index (κ3) is 2.08. The molecule has 2 heterocycles. The van der Waals surface area contributed by atoms with Crippen LogP contribution in [0, 0.1) is 6.92 Å². The standard InChI is InChI=1S/C24H23BN2/c1-5-9-17-16(2)14-15-19-24(17)27(4)22-13-8-12-21-23(22)25(19)18-10-6-7-11-20(18)26(21)3/h5-15H,1-4H3/b9-5-. The van der Waals surface area contributed by atoms with E-state index in [1.165, 1.54) is 50.3 Å². The normalized spacial score (nSPS) is 14.3. The number of aryl methyl sites for hydroxylation is 1. The predicted octanol–water partition coefficient (Wildman–Crippen LogP) is 3.71. The maximum Gasteiger partial charge on any atom is 0.252 e. The molecule has 2 nitrogen and oxygen atoms in total. The minimum Gasteiger partial charge on any atom is -0.345 e. The average Bonchev–Trinajstić information content (AvgIpc) is 2.69. The molecular formula is C24H23BN2. The Morgan fingerprint density at radius 2 is 1.48 bits per heavy atom. The Morgan fingerprint density at radius 3 is 2.26 bits per heavy atom. The Kier molecular flexibility index (Phi) is 3.48. The molecule has 0 spiro atoms. The van der Waals surface area contributed by atoms with E-state index in [1.807, 2.05) is 0 Å². The van der Waals surface area contributed by atoms with Crippen LogP contribution >= 0.6 is 0 Å². The fourth-order valence-corrected chi connectivity index (χ4v) is 4.90. The molecule has 0 aliphatic carbocycles. The number of fused-ring (bicyclic) bond motifs is 4. The fourth-order valence-electron chi connectivity index (χ4n) is 4.90. The molecule has 0 unspecified atom stereocenters. The topological polar surface area (TPSA) is 6.48 Å². The molecule has 0 saturated carbocycles. The summed E-state index contributed by atoms with van der Waals surface area (Å²) < 4.78 is 0. The third-order valence-electron chi connectivity index (χ3n) is 6.13. The summed E-state index contributed by atoms with van der Waals surface area (Å²) in [6, 6.07) is 20.1. The van der Waals surface area contributed by atoms with Gasteiger partial charge in [0.2, 0.25) is 0 Å². The molecular weight excluding hydrogens is 327 g/mol. The van der Waals surface area contributed by atoms with Gasteiger partial charge in [-0.1, -0.05) is 48.6 Å². The lowest BCUT2D eigenvalue weighted by molar-refractivity contribution is 1.17. The van der Waals surface area contributed by atoms with Gasteiger partial charge in [-0.05, 0) is 54.0 Å². The molecule has 0 bridgehead atoms. The first-order valence-electron chi connectivity index (χ1n) is 9.59. The van der Waals surface area contributed by atoms with Crippen LogP contribution in [0.25, 0.3) is 6.08 Å². The maximum atomic E-state index is 2.38. The van der Waals surface area contributed by atoms with Crippen LogP contribution in [0.3, 0.4) is 0 Å². The zero-order valence-corrected chi connectivity index (χ0v) is 16.3. The van der Waals surface area contributed by atoms with Gasteiger partial charge in [-0.15, -0.1) is 0 Å². The molecule has 2 aliphatic heterocycles. The van der Waals surface area contributed by atoms with E-state index < -0.39 is 0 Å². The third-order valence-corrected chi connectivity index (χ3v) is 6.13. The number of hydrogen-bond donors (Lipinski definition) is 0. The molecule has 3 aromatic rings. The average molecular weight is 350 g/mol. The van der Waals surface area contributed by atoms with Gasteiger partial charge in [-0.3, -0.25) is 0 Å². The first-order valence-corrected chi connectivity index (χ1v) is 9.59. The summed E-state index contributed by atoms with van der Waals surface area (Å²) >= 11 is 0. The molecule has 132 valence electrons. The van der Waals surface area contributed by atoms with Gasteiger partial charge in [0.15, 0.2) is 0 Å². The molecule has 27 heavy (non-hydrogen) atoms. The Hall–Kier alpha value is -2.94. The van der Waals surface area contributed by atoms with E-state index in [2.05, 4.69) is 104 Å². The van der Waals surface area contributed by atoms with E-state index in [0.717, 1.165) is 0 Å². The van der Waals surface area contributed by atoms with Crippen LogP contribution < -0.4 is 26.2 Å². The van der Waals surface area contributed by atoms with E-state index in [0.29, 0.717) is 0 Å². The highest BCUT2D eigenvalue weighted by molar-refractivity contribution is 7.00. The van der Waals surface area contributed by atoms with Crippen LogP contribution in [-0.2, 0) is 0 Å². The second-order valence-corrected chi connectivity index (χ2v) is 7.55. The zero-order valence-electron chi connectivity index (χ0n) is 16.3. The fraction of sp³-hybridized carbons (Fsp3) is 0.167. The van der Waals surface area contributed by atoms with E-state index in [4.69, 9.17) is 0 Å². The van der Waals surface area contributed by atoms with Crippen LogP contribution in [0.4, 0.5) is 22.7 Å². The largest absolute Gasteiger partial charge is 0.345 e. The van der Waals surface area contributed by atoms with Crippen LogP contribution in [0.1, 0.15) is 18.1 Å². The van der Waals surface area contributed by atoms with E-state index in [-0.39, 0.29) is 6.71 Å². The van der Waals surface area contributed by atoms with Crippen molar-refractivity contribution in [1.29, 1.82) is 0 Å². The van der Waals surface area contributed by atoms with Crippen molar-refractivity contribution < 1.29 is 0 Å². The van der Waals surface area contributed by atoms with Crippen molar-refractivity contribution in [3.05, 3.63) is 71.8 Å². The Morgan fingerprint density at radius 1 is 0.778 bits per heavy atom. The van der Waals surface area contributed by atoms with E-state index in [1.54, 1.807) is 0 Å². The summed E-state index contributed by atoms with van der Waals surface area (Å²) in [4.78, 5) is 4.72. The lowest BCUT2D eigenvalue weighted by atomic mass is 9.33. The molecule has 0 atom stereocenters. The first kappa shape index (κ1) is 16.3. The minimum atomic E-state index is 0.277. The summed E-state index contributed by atoms with van der Waals surface area (Å²) in [7, 11) is 4.39. The summed E-state index contributed by atoms with van der Waals surface area (Å²) in [6.45, 7) is 4.58. The van der Waals surface area contributed by atoms with Gasteiger partial charge < -0.3 is 9.80 Å². The van der Waals surface area contributed by atoms with Crippen LogP contribution in [0.2, 0.25) is 0 Å². The molecule has 0 aromatic heterocycles. The van der Waals surface area contributed by atoms with Crippen molar-refractivity contribution in [2.45, 2.75) is 13.8 Å². The second kappa shape index (κ2) is 5.78. The lowest BCUT2D eigenvalue weighted by Crippen LogP contribution is -2.61. The van der Waals surface area contributed by atoms with Crippen molar-refractivity contribution in [3.63, 3.8) is 0 Å². The van der Waals surface area contributed by atoms with E-state index >= 15 is 0 Å². The molecule has 5 rings (SSSR count). The van der Waals surface area contributed by atoms with Crippen LogP contribution in [-0.4, -0.2) is 20.8 Å². The number of para-hydroxylation sites is 1. The lowest BCUT2D eigenvalue weighted by Gasteiger charge is -2.42. The number of rotatable bonds is 1. The van der Waals surface area contributed by atoms with E-state index in [9.17, 15) is 0 Å². The van der Waals surface area contributed by atoms with Gasteiger partial charge in [0.1, 0.15) is 0 Å². The Bertz CT molecular complexity index is 1100. The van der Waals surface area contributed by atoms with Crippen LogP contribution in [0.15, 0.2) is 60.7 Å². The maximum absolute atomic E-state index is 2.38. The molecule has 3 heteroatoms. The van der Waals surface area contributed by atoms with Crippen LogP contribution in [0.5, 0.6) is 0 Å². The highest BCUT2D eigenvalue weighted by atomic mass is 15.1. The monoisotopic (exact) mass is 350 g/mol. The van der Waals surface area contributed by atoms with Gasteiger partial charge in [0.25, 0.3) is 6.71 Å². The number of hydrogen-bond acceptors (Lipinski definition) is 2. The number of allylic oxidation sites excluding steroid dienone is 1. The van der Waals surface area contributed by atoms with Gasteiger partial charge in [-0.2, -0.15) is 0 Å². The molecule has 0 amide bonds. The van der Waals surface area contributed by atoms with Crippen molar-refractivity contribution in [2.75, 3.05) is 23.9 Å². The van der Waals surface area contributed by atoms with Crippen molar-refractivity contribution in [2.24, 2.45) is 0 Å². The number of anilines is 4. The minimum absolute atomic E-state index is 0.277. The summed E-state index contributed by atoms with van der Waals surface area (Å²) in [5, 5.41) is 0. The van der Waals surface area contributed by atoms with Crippen molar-refractivity contribution >= 4 is 51.9 Å². The number of benzene rings is 3. The number of nitrogens with zero attached hydrogens (tertiary/aromatic N) is 2. The summed E-state index contributed by atoms with van der Waals surface area (Å²) in [5.41, 5.74) is 12.1. The Labute approximate surface area is 161 Å². The highest BCUT2D eigenvalue weighted by Gasteiger charge is 2.41. The quantitative estimate of drug-likeness (QED) is 0.618. The van der Waals surface area contributed by atoms with Crippen molar-refractivity contribution in [1.82, 2.24) is 0 Å². The summed E-state index contributed by atoms with van der Waals surface area (Å²) in [5.74, 6) is 0.